The topological polar surface area (TPSA) is 155 Å². The lowest BCUT2D eigenvalue weighted by molar-refractivity contribution is -0.161. The van der Waals surface area contributed by atoms with Gasteiger partial charge in [0.15, 0.2) is 6.10 Å². The zero-order valence-corrected chi connectivity index (χ0v) is 47.4. The van der Waals surface area contributed by atoms with Crippen LogP contribution in [0.4, 0.5) is 0 Å². The smallest absolute Gasteiger partial charge is 0.462 e. The predicted molar refractivity (Wildman–Crippen MR) is 307 cm³/mol. The molecule has 0 bridgehead atoms. The molecule has 0 saturated carbocycles. The Kier molecular flexibility index (Phi) is 52.5. The molecule has 0 radical (unpaired) electrons. The lowest BCUT2D eigenvalue weighted by atomic mass is 10.1. The van der Waals surface area contributed by atoms with Crippen LogP contribution >= 0.6 is 7.82 Å². The molecule has 0 aromatic heterocycles. The summed E-state index contributed by atoms with van der Waals surface area (Å²) in [6.07, 6.45) is 66.3. The van der Waals surface area contributed by atoms with Crippen molar-refractivity contribution in [3.63, 3.8) is 0 Å². The fraction of sp³-hybridized carbons (Fsp3) is 0.661. The molecule has 0 aliphatic heterocycles. The lowest BCUT2D eigenvalue weighted by Gasteiger charge is -2.21. The molecule has 0 heterocycles. The summed E-state index contributed by atoms with van der Waals surface area (Å²) >= 11 is 0. The second kappa shape index (κ2) is 55.4. The summed E-state index contributed by atoms with van der Waals surface area (Å²) in [6, 6.07) is 0. The number of allylic oxidation sites excluding steroid dienone is 18. The summed E-state index contributed by atoms with van der Waals surface area (Å²) in [5, 5.41) is 9.81. The molecule has 0 aliphatic carbocycles. The van der Waals surface area contributed by atoms with E-state index >= 15 is 0 Å². The van der Waals surface area contributed by atoms with Crippen molar-refractivity contribution in [2.75, 3.05) is 26.4 Å². The highest BCUT2D eigenvalue weighted by Gasteiger charge is 2.28. The third kappa shape index (κ3) is 53.0. The van der Waals surface area contributed by atoms with Crippen molar-refractivity contribution in [1.82, 2.24) is 0 Å². The maximum atomic E-state index is 12.9. The van der Waals surface area contributed by atoms with Crippen molar-refractivity contribution in [2.45, 2.75) is 238 Å². The quantitative estimate of drug-likeness (QED) is 0.0197. The van der Waals surface area contributed by atoms with Crippen LogP contribution in [-0.2, 0) is 42.2 Å². The van der Waals surface area contributed by atoms with Gasteiger partial charge in [0.25, 0.3) is 0 Å². The predicted octanol–water partition coefficient (Wildman–Crippen LogP) is 17.0. The standard InChI is InChI=1S/C62H103O11P/c1-4-7-10-13-16-19-22-25-27-28-29-30-32-35-38-41-44-47-50-53-62(66)73-59(55-69-60(64)51-48-45-42-39-36-33-24-21-18-15-12-9-6-3)57-71-74(67,68)70-56-58(54-63)72-61(65)52-49-46-43-40-37-34-31-26-23-20-17-14-11-8-5-2/h7,10,16-17,19-21,24-27,29-31,35,38,44,47,58-59,63H,4-6,8-9,11-15,18,22-23,28,32-34,36-37,39-43,45-46,48-57H2,1-3H3,(H,67,68)/b10-7-,19-16-,20-17-,24-21-,27-25-,30-29-,31-26-,38-35-,47-44-. The number of rotatable bonds is 52. The molecule has 0 aliphatic rings. The fourth-order valence-electron chi connectivity index (χ4n) is 7.29. The highest BCUT2D eigenvalue weighted by molar-refractivity contribution is 7.47. The second-order valence-electron chi connectivity index (χ2n) is 18.7. The van der Waals surface area contributed by atoms with Crippen LogP contribution in [0, 0.1) is 0 Å². The van der Waals surface area contributed by atoms with Gasteiger partial charge in [-0.25, -0.2) is 4.57 Å². The number of carbonyl (C=O) groups excluding carboxylic acids is 3. The Labute approximate surface area is 450 Å². The summed E-state index contributed by atoms with van der Waals surface area (Å²) in [7, 11) is -4.78. The molecule has 12 heteroatoms. The van der Waals surface area contributed by atoms with Gasteiger partial charge >= 0.3 is 25.7 Å². The van der Waals surface area contributed by atoms with Gasteiger partial charge in [-0.15, -0.1) is 0 Å². The monoisotopic (exact) mass is 1050 g/mol. The van der Waals surface area contributed by atoms with E-state index in [4.69, 9.17) is 23.3 Å². The largest absolute Gasteiger partial charge is 0.472 e. The first-order valence-corrected chi connectivity index (χ1v) is 30.3. The molecule has 11 nitrogen and oxygen atoms in total. The Morgan fingerprint density at radius 2 is 0.730 bits per heavy atom. The molecule has 0 fully saturated rings. The van der Waals surface area contributed by atoms with Crippen molar-refractivity contribution >= 4 is 25.7 Å². The molecular weight excluding hydrogens is 952 g/mol. The summed E-state index contributed by atoms with van der Waals surface area (Å²) in [4.78, 5) is 48.5. The molecular formula is C62H103O11P. The molecule has 3 unspecified atom stereocenters. The van der Waals surface area contributed by atoms with Crippen molar-refractivity contribution in [3.05, 3.63) is 109 Å². The number of unbranched alkanes of at least 4 members (excludes halogenated alkanes) is 17. The Morgan fingerprint density at radius 3 is 1.20 bits per heavy atom. The number of hydrogen-bond donors (Lipinski definition) is 2. The highest BCUT2D eigenvalue weighted by atomic mass is 31.2. The first-order chi connectivity index (χ1) is 36.2. The first kappa shape index (κ1) is 70.1. The molecule has 0 amide bonds. The van der Waals surface area contributed by atoms with E-state index < -0.39 is 57.8 Å². The highest BCUT2D eigenvalue weighted by Crippen LogP contribution is 2.43. The van der Waals surface area contributed by atoms with E-state index in [2.05, 4.69) is 118 Å². The number of phosphoric ester groups is 1. The zero-order chi connectivity index (χ0) is 54.1. The van der Waals surface area contributed by atoms with Gasteiger partial charge < -0.3 is 24.2 Å². The Morgan fingerprint density at radius 1 is 0.392 bits per heavy atom. The molecule has 0 spiro atoms. The number of aliphatic hydroxyl groups excluding tert-OH is 1. The number of esters is 3. The number of carbonyl (C=O) groups is 3. The van der Waals surface area contributed by atoms with E-state index in [1.54, 1.807) is 0 Å². The number of phosphoric acid groups is 1. The van der Waals surface area contributed by atoms with Crippen molar-refractivity contribution < 1.29 is 52.2 Å². The van der Waals surface area contributed by atoms with E-state index in [0.29, 0.717) is 25.7 Å². The van der Waals surface area contributed by atoms with Crippen LogP contribution < -0.4 is 0 Å². The van der Waals surface area contributed by atoms with Crippen LogP contribution in [0.15, 0.2) is 109 Å². The molecule has 0 rings (SSSR count). The molecule has 3 atom stereocenters. The normalized spacial score (nSPS) is 14.2. The van der Waals surface area contributed by atoms with Gasteiger partial charge in [-0.3, -0.25) is 23.4 Å². The number of hydrogen-bond acceptors (Lipinski definition) is 10. The van der Waals surface area contributed by atoms with E-state index in [1.807, 2.05) is 12.2 Å². The van der Waals surface area contributed by atoms with Gasteiger partial charge in [0.1, 0.15) is 12.7 Å². The van der Waals surface area contributed by atoms with Crippen molar-refractivity contribution in [3.8, 4) is 0 Å². The lowest BCUT2D eigenvalue weighted by Crippen LogP contribution is -2.30. The van der Waals surface area contributed by atoms with Crippen LogP contribution in [0.25, 0.3) is 0 Å². The van der Waals surface area contributed by atoms with Gasteiger partial charge in [-0.1, -0.05) is 201 Å². The summed E-state index contributed by atoms with van der Waals surface area (Å²) in [5.41, 5.74) is 0. The minimum Gasteiger partial charge on any atom is -0.462 e. The van der Waals surface area contributed by atoms with Crippen LogP contribution in [0.3, 0.4) is 0 Å². The molecule has 0 aromatic carbocycles. The average Bonchev–Trinajstić information content (AvgIpc) is 3.39. The minimum absolute atomic E-state index is 0.0351. The number of ether oxygens (including phenoxy) is 3. The molecule has 0 aromatic rings. The van der Waals surface area contributed by atoms with Gasteiger partial charge in [0.2, 0.25) is 0 Å². The first-order valence-electron chi connectivity index (χ1n) is 28.8. The summed E-state index contributed by atoms with van der Waals surface area (Å²) in [5.74, 6) is -1.60. The van der Waals surface area contributed by atoms with Crippen molar-refractivity contribution in [1.29, 1.82) is 0 Å². The van der Waals surface area contributed by atoms with Gasteiger partial charge in [0, 0.05) is 19.3 Å². The Bertz CT molecular complexity index is 1660. The van der Waals surface area contributed by atoms with Gasteiger partial charge in [-0.05, 0) is 116 Å². The van der Waals surface area contributed by atoms with E-state index in [1.165, 1.54) is 44.9 Å². The number of aliphatic hydroxyl groups is 1. The third-order valence-electron chi connectivity index (χ3n) is 11.7. The second-order valence-corrected chi connectivity index (χ2v) is 20.2. The fourth-order valence-corrected chi connectivity index (χ4v) is 8.07. The maximum Gasteiger partial charge on any atom is 0.472 e. The molecule has 2 N–H and O–H groups in total. The van der Waals surface area contributed by atoms with Gasteiger partial charge in [0.05, 0.1) is 19.8 Å². The van der Waals surface area contributed by atoms with Crippen LogP contribution in [-0.4, -0.2) is 66.5 Å². The van der Waals surface area contributed by atoms with E-state index in [9.17, 15) is 28.9 Å². The molecule has 422 valence electrons. The Hall–Kier alpha value is -3.86. The third-order valence-corrected chi connectivity index (χ3v) is 12.6. The average molecular weight is 1060 g/mol. The van der Waals surface area contributed by atoms with E-state index in [0.717, 1.165) is 116 Å². The summed E-state index contributed by atoms with van der Waals surface area (Å²) in [6.45, 7) is 4.37. The SMILES string of the molecule is CC/C=C\C/C=C\C/C=C\C/C=C\C/C=C\C/C=C\CCC(=O)OC(COC(=O)CCCCCCC/C=C\CCCCCC)COP(=O)(O)OCC(CO)OC(=O)CCCCCCC/C=C\C/C=C\CCCCC. The van der Waals surface area contributed by atoms with Gasteiger partial charge in [-0.2, -0.15) is 0 Å². The van der Waals surface area contributed by atoms with Crippen LogP contribution in [0.1, 0.15) is 226 Å². The van der Waals surface area contributed by atoms with Crippen LogP contribution in [0.5, 0.6) is 0 Å². The van der Waals surface area contributed by atoms with Crippen LogP contribution in [0.2, 0.25) is 0 Å². The van der Waals surface area contributed by atoms with Crippen molar-refractivity contribution in [2.24, 2.45) is 0 Å². The molecule has 74 heavy (non-hydrogen) atoms. The minimum atomic E-state index is -4.78. The van der Waals surface area contributed by atoms with E-state index in [-0.39, 0.29) is 25.9 Å². The Balaban J connectivity index is 4.86. The summed E-state index contributed by atoms with van der Waals surface area (Å²) < 4.78 is 39.4. The zero-order valence-electron chi connectivity index (χ0n) is 46.5. The molecule has 0 saturated heterocycles. The maximum absolute atomic E-state index is 12.9.